The zero-order valence-corrected chi connectivity index (χ0v) is 22.8. The summed E-state index contributed by atoms with van der Waals surface area (Å²) in [5, 5.41) is 9.26. The van der Waals surface area contributed by atoms with Gasteiger partial charge in [0.2, 0.25) is 0 Å². The fraction of sp³-hybridized carbons (Fsp3) is 0.517. The first-order chi connectivity index (χ1) is 18.1. The van der Waals surface area contributed by atoms with Gasteiger partial charge in [-0.3, -0.25) is 0 Å². The maximum absolute atomic E-state index is 13.0. The Labute approximate surface area is 224 Å². The van der Waals surface area contributed by atoms with Gasteiger partial charge in [-0.25, -0.2) is 14.0 Å². The third kappa shape index (κ3) is 12.3. The van der Waals surface area contributed by atoms with Gasteiger partial charge in [-0.05, 0) is 67.1 Å². The highest BCUT2D eigenvalue weighted by Gasteiger charge is 2.20. The molecule has 0 aromatic heterocycles. The van der Waals surface area contributed by atoms with Gasteiger partial charge in [-0.15, -0.1) is 0 Å². The molecule has 0 aliphatic rings. The van der Waals surface area contributed by atoms with Crippen LogP contribution < -0.4 is 9.47 Å². The van der Waals surface area contributed by atoms with Crippen LogP contribution in [0.15, 0.2) is 48.5 Å². The summed E-state index contributed by atoms with van der Waals surface area (Å²) >= 11 is 0. The minimum Gasteiger partial charge on any atom is -0.494 e. The molecule has 1 amide bonds. The number of carboxylic acid groups (broad SMARTS) is 1. The quantitative estimate of drug-likeness (QED) is 0.282. The van der Waals surface area contributed by atoms with Gasteiger partial charge in [-0.1, -0.05) is 32.9 Å². The van der Waals surface area contributed by atoms with Crippen molar-refractivity contribution in [3.05, 3.63) is 59.9 Å². The van der Waals surface area contributed by atoms with Crippen molar-refractivity contribution in [2.75, 3.05) is 39.5 Å². The van der Waals surface area contributed by atoms with Crippen LogP contribution in [0.25, 0.3) is 0 Å². The minimum atomic E-state index is -0.993. The zero-order valence-electron chi connectivity index (χ0n) is 22.8. The Hall–Kier alpha value is -3.33. The van der Waals surface area contributed by atoms with Crippen molar-refractivity contribution < 1.29 is 38.0 Å². The SMILES string of the molecule is CCOC(Cc1ccc(OCCN(CCCCOc2ccc(F)cc2)C(=O)OCC(C)(C)C)cc1)C(=O)O. The molecule has 0 fully saturated rings. The first-order valence-electron chi connectivity index (χ1n) is 12.9. The number of amides is 1. The van der Waals surface area contributed by atoms with Crippen LogP contribution in [0.4, 0.5) is 9.18 Å². The summed E-state index contributed by atoms with van der Waals surface area (Å²) in [4.78, 5) is 25.6. The summed E-state index contributed by atoms with van der Waals surface area (Å²) in [5.74, 6) is -0.0858. The Morgan fingerprint density at radius 3 is 2.11 bits per heavy atom. The predicted octanol–water partition coefficient (Wildman–Crippen LogP) is 5.58. The lowest BCUT2D eigenvalue weighted by Gasteiger charge is -2.25. The van der Waals surface area contributed by atoms with Crippen LogP contribution in [0.1, 0.15) is 46.1 Å². The Balaban J connectivity index is 1.83. The van der Waals surface area contributed by atoms with Crippen LogP contribution in [0, 0.1) is 11.2 Å². The summed E-state index contributed by atoms with van der Waals surface area (Å²) in [7, 11) is 0. The number of rotatable bonds is 16. The molecule has 0 bridgehead atoms. The third-order valence-electron chi connectivity index (χ3n) is 5.41. The van der Waals surface area contributed by atoms with E-state index in [1.807, 2.05) is 20.8 Å². The molecule has 0 aliphatic heterocycles. The third-order valence-corrected chi connectivity index (χ3v) is 5.41. The molecule has 9 heteroatoms. The second kappa shape index (κ2) is 15.8. The van der Waals surface area contributed by atoms with Crippen molar-refractivity contribution in [1.29, 1.82) is 0 Å². The van der Waals surface area contributed by atoms with Crippen LogP contribution in [0.2, 0.25) is 0 Å². The largest absolute Gasteiger partial charge is 0.494 e. The molecule has 0 saturated heterocycles. The van der Waals surface area contributed by atoms with Crippen LogP contribution in [-0.4, -0.2) is 67.7 Å². The first-order valence-corrected chi connectivity index (χ1v) is 12.9. The monoisotopic (exact) mass is 533 g/mol. The lowest BCUT2D eigenvalue weighted by molar-refractivity contribution is -0.149. The molecule has 210 valence electrons. The Morgan fingerprint density at radius 1 is 0.921 bits per heavy atom. The molecular formula is C29H40FNO7. The highest BCUT2D eigenvalue weighted by molar-refractivity contribution is 5.72. The minimum absolute atomic E-state index is 0.148. The number of hydrogen-bond donors (Lipinski definition) is 1. The molecule has 0 heterocycles. The van der Waals surface area contributed by atoms with Gasteiger partial charge in [0.25, 0.3) is 0 Å². The normalized spacial score (nSPS) is 12.0. The van der Waals surface area contributed by atoms with Crippen LogP contribution >= 0.6 is 0 Å². The van der Waals surface area contributed by atoms with Gasteiger partial charge >= 0.3 is 12.1 Å². The van der Waals surface area contributed by atoms with E-state index in [1.54, 1.807) is 48.2 Å². The van der Waals surface area contributed by atoms with E-state index in [9.17, 15) is 19.1 Å². The maximum Gasteiger partial charge on any atom is 0.409 e. The lowest BCUT2D eigenvalue weighted by Crippen LogP contribution is -2.37. The van der Waals surface area contributed by atoms with E-state index in [4.69, 9.17) is 18.9 Å². The van der Waals surface area contributed by atoms with Crippen LogP contribution in [0.5, 0.6) is 11.5 Å². The Bertz CT molecular complexity index is 974. The molecule has 2 rings (SSSR count). The van der Waals surface area contributed by atoms with Gasteiger partial charge in [-0.2, -0.15) is 0 Å². The summed E-state index contributed by atoms with van der Waals surface area (Å²) in [6, 6.07) is 13.0. The van der Waals surface area contributed by atoms with E-state index in [2.05, 4.69) is 0 Å². The predicted molar refractivity (Wildman–Crippen MR) is 142 cm³/mol. The van der Waals surface area contributed by atoms with E-state index in [0.29, 0.717) is 57.3 Å². The van der Waals surface area contributed by atoms with E-state index < -0.39 is 18.2 Å². The van der Waals surface area contributed by atoms with Crippen molar-refractivity contribution in [3.63, 3.8) is 0 Å². The molecule has 0 spiro atoms. The molecule has 0 radical (unpaired) electrons. The summed E-state index contributed by atoms with van der Waals surface area (Å²) in [6.45, 7) is 9.92. The highest BCUT2D eigenvalue weighted by atomic mass is 19.1. The van der Waals surface area contributed by atoms with Crippen molar-refractivity contribution in [2.24, 2.45) is 5.41 Å². The van der Waals surface area contributed by atoms with Gasteiger partial charge in [0.1, 0.15) is 23.9 Å². The number of benzene rings is 2. The number of carbonyl (C=O) groups is 2. The number of ether oxygens (including phenoxy) is 4. The molecule has 0 aliphatic carbocycles. The van der Waals surface area contributed by atoms with Crippen molar-refractivity contribution in [3.8, 4) is 11.5 Å². The van der Waals surface area contributed by atoms with Gasteiger partial charge in [0.15, 0.2) is 6.10 Å². The molecule has 1 unspecified atom stereocenters. The zero-order chi connectivity index (χ0) is 28.0. The summed E-state index contributed by atoms with van der Waals surface area (Å²) in [5.41, 5.74) is 0.679. The number of nitrogens with zero attached hydrogens (tertiary/aromatic N) is 1. The number of unbranched alkanes of at least 4 members (excludes halogenated alkanes) is 1. The summed E-state index contributed by atoms with van der Waals surface area (Å²) in [6.07, 6.45) is 0.392. The molecule has 1 N–H and O–H groups in total. The van der Waals surface area contributed by atoms with E-state index in [-0.39, 0.29) is 24.3 Å². The molecule has 2 aromatic rings. The average molecular weight is 534 g/mol. The Morgan fingerprint density at radius 2 is 1.53 bits per heavy atom. The number of aliphatic carboxylic acids is 1. The number of carbonyl (C=O) groups excluding carboxylic acids is 1. The lowest BCUT2D eigenvalue weighted by atomic mass is 9.99. The molecule has 38 heavy (non-hydrogen) atoms. The molecule has 1 atom stereocenters. The Kier molecular flexibility index (Phi) is 12.9. The van der Waals surface area contributed by atoms with Gasteiger partial charge < -0.3 is 29.0 Å². The average Bonchev–Trinajstić information content (AvgIpc) is 2.87. The fourth-order valence-electron chi connectivity index (χ4n) is 3.42. The number of carboxylic acids is 1. The van der Waals surface area contributed by atoms with E-state index in [0.717, 1.165) is 5.56 Å². The molecular weight excluding hydrogens is 493 g/mol. The van der Waals surface area contributed by atoms with Crippen LogP contribution in [0.3, 0.4) is 0 Å². The standard InChI is InChI=1S/C29H40FNO7/c1-5-35-26(27(32)33)20-22-8-12-24(13-9-22)37-19-17-31(28(34)38-21-29(2,3)4)16-6-7-18-36-25-14-10-23(30)11-15-25/h8-15,26H,5-7,16-21H2,1-4H3,(H,32,33). The van der Waals surface area contributed by atoms with Crippen molar-refractivity contribution in [2.45, 2.75) is 53.1 Å². The molecule has 0 saturated carbocycles. The van der Waals surface area contributed by atoms with E-state index >= 15 is 0 Å². The second-order valence-electron chi connectivity index (χ2n) is 10.1. The van der Waals surface area contributed by atoms with Gasteiger partial charge in [0, 0.05) is 19.6 Å². The van der Waals surface area contributed by atoms with Crippen LogP contribution in [-0.2, 0) is 20.7 Å². The fourth-order valence-corrected chi connectivity index (χ4v) is 3.42. The van der Waals surface area contributed by atoms with Crippen molar-refractivity contribution in [1.82, 2.24) is 4.90 Å². The number of halogens is 1. The first kappa shape index (κ1) is 30.9. The molecule has 8 nitrogen and oxygen atoms in total. The second-order valence-corrected chi connectivity index (χ2v) is 10.1. The maximum atomic E-state index is 13.0. The smallest absolute Gasteiger partial charge is 0.409 e. The van der Waals surface area contributed by atoms with Gasteiger partial charge in [0.05, 0.1) is 19.8 Å². The summed E-state index contributed by atoms with van der Waals surface area (Å²) < 4.78 is 35.2. The number of hydrogen-bond acceptors (Lipinski definition) is 6. The molecule has 2 aromatic carbocycles. The van der Waals surface area contributed by atoms with E-state index in [1.165, 1.54) is 12.1 Å². The topological polar surface area (TPSA) is 94.5 Å². The highest BCUT2D eigenvalue weighted by Crippen LogP contribution is 2.16. The van der Waals surface area contributed by atoms with Crippen molar-refractivity contribution >= 4 is 12.1 Å².